The van der Waals surface area contributed by atoms with Crippen molar-refractivity contribution < 1.29 is 19.4 Å². The molecule has 4 nitrogen and oxygen atoms in total. The molecule has 1 aromatic rings. The highest BCUT2D eigenvalue weighted by molar-refractivity contribution is 6.32. The first-order valence-electron chi connectivity index (χ1n) is 6.95. The molecule has 20 heavy (non-hydrogen) atoms. The Labute approximate surface area is 122 Å². The van der Waals surface area contributed by atoms with E-state index in [9.17, 15) is 9.90 Å². The highest BCUT2D eigenvalue weighted by Crippen LogP contribution is 2.51. The zero-order valence-corrected chi connectivity index (χ0v) is 12.1. The van der Waals surface area contributed by atoms with Crippen LogP contribution in [-0.4, -0.2) is 17.9 Å². The maximum atomic E-state index is 11.9. The highest BCUT2D eigenvalue weighted by Gasteiger charge is 2.46. The van der Waals surface area contributed by atoms with E-state index in [1.807, 2.05) is 6.92 Å². The van der Waals surface area contributed by atoms with Crippen LogP contribution in [0.2, 0.25) is 5.02 Å². The quantitative estimate of drug-likeness (QED) is 0.927. The van der Waals surface area contributed by atoms with Crippen LogP contribution in [0, 0.1) is 0 Å². The molecule has 1 aliphatic heterocycles. The van der Waals surface area contributed by atoms with Gasteiger partial charge in [0, 0.05) is 16.7 Å². The van der Waals surface area contributed by atoms with Crippen molar-refractivity contribution in [3.05, 3.63) is 22.2 Å². The van der Waals surface area contributed by atoms with Gasteiger partial charge in [-0.25, -0.2) is 0 Å². The number of aliphatic carboxylic acids is 1. The lowest BCUT2D eigenvalue weighted by atomic mass is 9.76. The molecule has 3 rings (SSSR count). The second kappa shape index (κ2) is 4.85. The van der Waals surface area contributed by atoms with Crippen molar-refractivity contribution in [1.29, 1.82) is 0 Å². The number of rotatable bonds is 3. The van der Waals surface area contributed by atoms with E-state index in [0.29, 0.717) is 35.8 Å². The summed E-state index contributed by atoms with van der Waals surface area (Å²) in [6, 6.07) is 1.70. The SMILES string of the molecule is CCc1c2c(cc(Cl)c1C1(C(=O)O)CCCC1)OCO2. The summed E-state index contributed by atoms with van der Waals surface area (Å²) >= 11 is 6.41. The molecule has 2 aliphatic rings. The number of hydrogen-bond acceptors (Lipinski definition) is 3. The molecule has 0 unspecified atom stereocenters. The van der Waals surface area contributed by atoms with Gasteiger partial charge < -0.3 is 14.6 Å². The number of benzene rings is 1. The zero-order chi connectivity index (χ0) is 14.3. The number of carbonyl (C=O) groups is 1. The highest BCUT2D eigenvalue weighted by atomic mass is 35.5. The molecule has 1 saturated carbocycles. The minimum absolute atomic E-state index is 0.169. The predicted octanol–water partition coefficient (Wildman–Crippen LogP) is 3.53. The summed E-state index contributed by atoms with van der Waals surface area (Å²) in [5, 5.41) is 10.3. The molecule has 1 heterocycles. The summed E-state index contributed by atoms with van der Waals surface area (Å²) in [6.07, 6.45) is 3.78. The number of carboxylic acid groups (broad SMARTS) is 1. The number of carboxylic acids is 1. The smallest absolute Gasteiger partial charge is 0.314 e. The summed E-state index contributed by atoms with van der Waals surface area (Å²) in [4.78, 5) is 11.9. The molecule has 1 aliphatic carbocycles. The van der Waals surface area contributed by atoms with Gasteiger partial charge in [0.1, 0.15) is 0 Å². The summed E-state index contributed by atoms with van der Waals surface area (Å²) < 4.78 is 10.9. The van der Waals surface area contributed by atoms with E-state index in [-0.39, 0.29) is 6.79 Å². The Kier molecular flexibility index (Phi) is 3.28. The summed E-state index contributed by atoms with van der Waals surface area (Å²) in [6.45, 7) is 2.16. The molecule has 0 amide bonds. The maximum Gasteiger partial charge on any atom is 0.314 e. The van der Waals surface area contributed by atoms with Crippen molar-refractivity contribution in [3.63, 3.8) is 0 Å². The number of hydrogen-bond donors (Lipinski definition) is 1. The third kappa shape index (κ3) is 1.78. The molecule has 1 aromatic carbocycles. The Morgan fingerprint density at radius 2 is 2.10 bits per heavy atom. The first-order chi connectivity index (χ1) is 9.60. The van der Waals surface area contributed by atoms with E-state index >= 15 is 0 Å². The van der Waals surface area contributed by atoms with Crippen molar-refractivity contribution in [2.75, 3.05) is 6.79 Å². The van der Waals surface area contributed by atoms with E-state index in [4.69, 9.17) is 21.1 Å². The maximum absolute atomic E-state index is 11.9. The van der Waals surface area contributed by atoms with Gasteiger partial charge in [0.15, 0.2) is 11.5 Å². The Hall–Kier alpha value is -1.42. The van der Waals surface area contributed by atoms with Crippen molar-refractivity contribution in [1.82, 2.24) is 0 Å². The average molecular weight is 297 g/mol. The number of fused-ring (bicyclic) bond motifs is 1. The van der Waals surface area contributed by atoms with Gasteiger partial charge in [-0.2, -0.15) is 0 Å². The molecule has 0 radical (unpaired) electrons. The van der Waals surface area contributed by atoms with Gasteiger partial charge >= 0.3 is 5.97 Å². The molecule has 0 bridgehead atoms. The molecule has 0 aromatic heterocycles. The van der Waals surface area contributed by atoms with Crippen LogP contribution >= 0.6 is 11.6 Å². The van der Waals surface area contributed by atoms with Crippen LogP contribution in [0.25, 0.3) is 0 Å². The van der Waals surface area contributed by atoms with Gasteiger partial charge in [0.2, 0.25) is 6.79 Å². The summed E-state index contributed by atoms with van der Waals surface area (Å²) in [5.41, 5.74) is 0.744. The monoisotopic (exact) mass is 296 g/mol. The van der Waals surface area contributed by atoms with Crippen LogP contribution in [0.1, 0.15) is 43.7 Å². The molecule has 1 N–H and O–H groups in total. The fourth-order valence-electron chi connectivity index (χ4n) is 3.48. The van der Waals surface area contributed by atoms with Crippen molar-refractivity contribution in [3.8, 4) is 11.5 Å². The number of ether oxygens (including phenoxy) is 2. The molecular formula is C15H17ClO4. The van der Waals surface area contributed by atoms with E-state index in [0.717, 1.165) is 24.0 Å². The Morgan fingerprint density at radius 1 is 1.40 bits per heavy atom. The Morgan fingerprint density at radius 3 is 2.70 bits per heavy atom. The molecule has 0 spiro atoms. The third-order valence-electron chi connectivity index (χ3n) is 4.41. The van der Waals surface area contributed by atoms with E-state index in [1.165, 1.54) is 0 Å². The standard InChI is InChI=1S/C15H17ClO4/c1-2-9-12(15(14(17)18)5-3-4-6-15)10(16)7-11-13(9)20-8-19-11/h7H,2-6,8H2,1H3,(H,17,18). The van der Waals surface area contributed by atoms with Crippen LogP contribution in [0.4, 0.5) is 0 Å². The normalized spacial score (nSPS) is 19.3. The molecule has 1 fully saturated rings. The second-order valence-corrected chi connectivity index (χ2v) is 5.80. The van der Waals surface area contributed by atoms with Crippen LogP contribution in [-0.2, 0) is 16.6 Å². The van der Waals surface area contributed by atoms with Crippen LogP contribution in [0.5, 0.6) is 11.5 Å². The topological polar surface area (TPSA) is 55.8 Å². The predicted molar refractivity (Wildman–Crippen MR) is 74.7 cm³/mol. The first kappa shape index (κ1) is 13.6. The van der Waals surface area contributed by atoms with Crippen molar-refractivity contribution in [2.24, 2.45) is 0 Å². The molecule has 5 heteroatoms. The van der Waals surface area contributed by atoms with Gasteiger partial charge in [-0.1, -0.05) is 31.4 Å². The second-order valence-electron chi connectivity index (χ2n) is 5.39. The fourth-order valence-corrected chi connectivity index (χ4v) is 3.87. The average Bonchev–Trinajstić information content (AvgIpc) is 3.05. The van der Waals surface area contributed by atoms with E-state index in [1.54, 1.807) is 6.07 Å². The summed E-state index contributed by atoms with van der Waals surface area (Å²) in [7, 11) is 0. The van der Waals surface area contributed by atoms with Gasteiger partial charge in [0.25, 0.3) is 0 Å². The molecule has 0 atom stereocenters. The first-order valence-corrected chi connectivity index (χ1v) is 7.33. The van der Waals surface area contributed by atoms with E-state index in [2.05, 4.69) is 0 Å². The lowest BCUT2D eigenvalue weighted by Gasteiger charge is -2.28. The van der Waals surface area contributed by atoms with E-state index < -0.39 is 11.4 Å². The van der Waals surface area contributed by atoms with Gasteiger partial charge in [0.05, 0.1) is 5.41 Å². The lowest BCUT2D eigenvalue weighted by Crippen LogP contribution is -2.34. The van der Waals surface area contributed by atoms with Crippen LogP contribution < -0.4 is 9.47 Å². The van der Waals surface area contributed by atoms with Gasteiger partial charge in [-0.3, -0.25) is 4.79 Å². The van der Waals surface area contributed by atoms with Crippen molar-refractivity contribution in [2.45, 2.75) is 44.4 Å². The Bertz CT molecular complexity index is 561. The lowest BCUT2D eigenvalue weighted by molar-refractivity contribution is -0.143. The third-order valence-corrected chi connectivity index (χ3v) is 4.71. The minimum Gasteiger partial charge on any atom is -0.481 e. The largest absolute Gasteiger partial charge is 0.481 e. The van der Waals surface area contributed by atoms with Gasteiger partial charge in [-0.05, 0) is 24.8 Å². The molecule has 0 saturated heterocycles. The van der Waals surface area contributed by atoms with Crippen LogP contribution in [0.3, 0.4) is 0 Å². The zero-order valence-electron chi connectivity index (χ0n) is 11.4. The van der Waals surface area contributed by atoms with Crippen molar-refractivity contribution >= 4 is 17.6 Å². The fraction of sp³-hybridized carbons (Fsp3) is 0.533. The Balaban J connectivity index is 2.25. The van der Waals surface area contributed by atoms with Gasteiger partial charge in [-0.15, -0.1) is 0 Å². The number of halogens is 1. The molecule has 108 valence electrons. The van der Waals surface area contributed by atoms with Crippen LogP contribution in [0.15, 0.2) is 6.07 Å². The molecular weight excluding hydrogens is 280 g/mol. The summed E-state index contributed by atoms with van der Waals surface area (Å²) in [5.74, 6) is 0.499. The minimum atomic E-state index is -0.872.